The topological polar surface area (TPSA) is 81.4 Å². The number of ether oxygens (including phenoxy) is 1. The first-order valence-corrected chi connectivity index (χ1v) is 10.0. The number of rotatable bonds is 8. The first-order chi connectivity index (χ1) is 12.9. The van der Waals surface area contributed by atoms with Gasteiger partial charge in [0.2, 0.25) is 0 Å². The standard InChI is InChI=1S/C18H20ClFN2O4S/c1-4-25-18(24)13(8-9-27-3)21-17(23)14-10(2)26-22-16(14)15-11(19)6-5-7-12(15)20/h5-7,13H,4,8-9H2,1-3H3,(H,21,23). The zero-order chi connectivity index (χ0) is 20.0. The van der Waals surface area contributed by atoms with Crippen molar-refractivity contribution in [1.82, 2.24) is 10.5 Å². The van der Waals surface area contributed by atoms with Gasteiger partial charge in [-0.1, -0.05) is 22.8 Å². The molecule has 1 N–H and O–H groups in total. The molecule has 27 heavy (non-hydrogen) atoms. The van der Waals surface area contributed by atoms with Crippen molar-refractivity contribution in [2.45, 2.75) is 26.3 Å². The first kappa shape index (κ1) is 21.2. The molecular formula is C18H20ClFN2O4S. The Kier molecular flexibility index (Phi) is 7.67. The second-order valence-electron chi connectivity index (χ2n) is 5.62. The maximum atomic E-state index is 14.3. The van der Waals surface area contributed by atoms with Gasteiger partial charge >= 0.3 is 5.97 Å². The number of hydrogen-bond acceptors (Lipinski definition) is 6. The van der Waals surface area contributed by atoms with Gasteiger partial charge in [-0.2, -0.15) is 11.8 Å². The van der Waals surface area contributed by atoms with Crippen molar-refractivity contribution in [2.75, 3.05) is 18.6 Å². The van der Waals surface area contributed by atoms with E-state index in [1.165, 1.54) is 25.1 Å². The molecule has 0 aliphatic carbocycles. The summed E-state index contributed by atoms with van der Waals surface area (Å²) in [4.78, 5) is 25.0. The third-order valence-electron chi connectivity index (χ3n) is 3.78. The second kappa shape index (κ2) is 9.75. The average molecular weight is 415 g/mol. The van der Waals surface area contributed by atoms with E-state index in [2.05, 4.69) is 10.5 Å². The first-order valence-electron chi connectivity index (χ1n) is 8.27. The molecule has 0 aliphatic rings. The zero-order valence-electron chi connectivity index (χ0n) is 15.2. The van der Waals surface area contributed by atoms with Crippen molar-refractivity contribution in [3.05, 3.63) is 40.4 Å². The molecule has 0 spiro atoms. The van der Waals surface area contributed by atoms with Crippen LogP contribution in [0.1, 0.15) is 29.5 Å². The fourth-order valence-electron chi connectivity index (χ4n) is 2.49. The monoisotopic (exact) mass is 414 g/mol. The number of hydrogen-bond donors (Lipinski definition) is 1. The van der Waals surface area contributed by atoms with Crippen LogP contribution in [-0.2, 0) is 9.53 Å². The number of aromatic nitrogens is 1. The second-order valence-corrected chi connectivity index (χ2v) is 7.01. The van der Waals surface area contributed by atoms with Gasteiger partial charge in [-0.3, -0.25) is 4.79 Å². The van der Waals surface area contributed by atoms with Crippen LogP contribution in [0, 0.1) is 12.7 Å². The summed E-state index contributed by atoms with van der Waals surface area (Å²) < 4.78 is 24.4. The summed E-state index contributed by atoms with van der Waals surface area (Å²) in [5.74, 6) is -0.927. The number of aryl methyl sites for hydroxylation is 1. The Hall–Kier alpha value is -2.06. The third-order valence-corrected chi connectivity index (χ3v) is 4.74. The molecule has 0 radical (unpaired) electrons. The van der Waals surface area contributed by atoms with Crippen LogP contribution < -0.4 is 5.32 Å². The highest BCUT2D eigenvalue weighted by molar-refractivity contribution is 7.98. The quantitative estimate of drug-likeness (QED) is 0.660. The van der Waals surface area contributed by atoms with Crippen molar-refractivity contribution in [3.8, 4) is 11.3 Å². The van der Waals surface area contributed by atoms with Crippen LogP contribution in [0.3, 0.4) is 0 Å². The Bertz CT molecular complexity index is 807. The molecule has 2 aromatic rings. The van der Waals surface area contributed by atoms with Gasteiger partial charge in [0.25, 0.3) is 5.91 Å². The van der Waals surface area contributed by atoms with E-state index in [1.807, 2.05) is 6.26 Å². The molecule has 1 unspecified atom stereocenters. The van der Waals surface area contributed by atoms with E-state index in [0.717, 1.165) is 0 Å². The molecule has 0 bridgehead atoms. The van der Waals surface area contributed by atoms with E-state index in [9.17, 15) is 14.0 Å². The van der Waals surface area contributed by atoms with Crippen LogP contribution in [0.2, 0.25) is 5.02 Å². The summed E-state index contributed by atoms with van der Waals surface area (Å²) in [7, 11) is 0. The van der Waals surface area contributed by atoms with Crippen LogP contribution >= 0.6 is 23.4 Å². The highest BCUT2D eigenvalue weighted by atomic mass is 35.5. The number of esters is 1. The van der Waals surface area contributed by atoms with E-state index < -0.39 is 23.7 Å². The van der Waals surface area contributed by atoms with Gasteiger partial charge in [0.15, 0.2) is 0 Å². The van der Waals surface area contributed by atoms with Crippen LogP contribution in [0.4, 0.5) is 4.39 Å². The van der Waals surface area contributed by atoms with Crippen molar-refractivity contribution in [1.29, 1.82) is 0 Å². The molecule has 0 saturated heterocycles. The Morgan fingerprint density at radius 1 is 1.44 bits per heavy atom. The summed E-state index contributed by atoms with van der Waals surface area (Å²) >= 11 is 7.63. The lowest BCUT2D eigenvalue weighted by atomic mass is 10.0. The number of halogens is 2. The van der Waals surface area contributed by atoms with Crippen LogP contribution in [-0.4, -0.2) is 41.7 Å². The predicted molar refractivity (Wildman–Crippen MR) is 103 cm³/mol. The molecule has 0 aliphatic heterocycles. The molecule has 0 saturated carbocycles. The van der Waals surface area contributed by atoms with Crippen LogP contribution in [0.25, 0.3) is 11.3 Å². The molecule has 1 aromatic heterocycles. The lowest BCUT2D eigenvalue weighted by Crippen LogP contribution is -2.42. The molecule has 1 heterocycles. The van der Waals surface area contributed by atoms with Crippen molar-refractivity contribution >= 4 is 35.2 Å². The minimum Gasteiger partial charge on any atom is -0.464 e. The van der Waals surface area contributed by atoms with Gasteiger partial charge in [-0.25, -0.2) is 9.18 Å². The van der Waals surface area contributed by atoms with Gasteiger partial charge in [-0.15, -0.1) is 0 Å². The smallest absolute Gasteiger partial charge is 0.328 e. The number of carbonyl (C=O) groups excluding carboxylic acids is 2. The third kappa shape index (κ3) is 5.01. The Morgan fingerprint density at radius 3 is 2.81 bits per heavy atom. The van der Waals surface area contributed by atoms with Gasteiger partial charge < -0.3 is 14.6 Å². The van der Waals surface area contributed by atoms with E-state index in [4.69, 9.17) is 20.9 Å². The molecule has 1 atom stereocenters. The van der Waals surface area contributed by atoms with E-state index in [-0.39, 0.29) is 34.2 Å². The molecular weight excluding hydrogens is 395 g/mol. The van der Waals surface area contributed by atoms with Gasteiger partial charge in [-0.05, 0) is 44.4 Å². The zero-order valence-corrected chi connectivity index (χ0v) is 16.7. The fraction of sp³-hybridized carbons (Fsp3) is 0.389. The normalized spacial score (nSPS) is 11.9. The lowest BCUT2D eigenvalue weighted by Gasteiger charge is -2.17. The number of thioether (sulfide) groups is 1. The van der Waals surface area contributed by atoms with Crippen LogP contribution in [0.5, 0.6) is 0 Å². The Labute approximate surface area is 165 Å². The molecule has 9 heteroatoms. The highest BCUT2D eigenvalue weighted by Gasteiger charge is 2.29. The predicted octanol–water partition coefficient (Wildman–Crippen LogP) is 3.86. The molecule has 1 aromatic carbocycles. The maximum Gasteiger partial charge on any atom is 0.328 e. The Balaban J connectivity index is 2.36. The summed E-state index contributed by atoms with van der Waals surface area (Å²) in [6, 6.07) is 3.33. The lowest BCUT2D eigenvalue weighted by molar-refractivity contribution is -0.145. The van der Waals surface area contributed by atoms with Gasteiger partial charge in [0, 0.05) is 0 Å². The minimum absolute atomic E-state index is 0.0134. The maximum absolute atomic E-state index is 14.3. The molecule has 0 fully saturated rings. The molecule has 146 valence electrons. The van der Waals surface area contributed by atoms with E-state index in [1.54, 1.807) is 18.7 Å². The van der Waals surface area contributed by atoms with Crippen LogP contribution in [0.15, 0.2) is 22.7 Å². The fourth-order valence-corrected chi connectivity index (χ4v) is 3.22. The van der Waals surface area contributed by atoms with Crippen molar-refractivity contribution < 1.29 is 23.2 Å². The number of nitrogens with one attached hydrogen (secondary N) is 1. The molecule has 1 amide bonds. The number of amides is 1. The summed E-state index contributed by atoms with van der Waals surface area (Å²) in [6.45, 7) is 3.42. The Morgan fingerprint density at radius 2 is 2.19 bits per heavy atom. The minimum atomic E-state index is -0.830. The van der Waals surface area contributed by atoms with Crippen molar-refractivity contribution in [2.24, 2.45) is 0 Å². The highest BCUT2D eigenvalue weighted by Crippen LogP contribution is 2.33. The SMILES string of the molecule is CCOC(=O)C(CCSC)NC(=O)c1c(-c2c(F)cccc2Cl)noc1C. The summed E-state index contributed by atoms with van der Waals surface area (Å²) in [6.07, 6.45) is 2.29. The summed E-state index contributed by atoms with van der Waals surface area (Å²) in [5.41, 5.74) is -0.0148. The average Bonchev–Trinajstić information content (AvgIpc) is 2.99. The number of benzene rings is 1. The van der Waals surface area contributed by atoms with E-state index in [0.29, 0.717) is 12.2 Å². The van der Waals surface area contributed by atoms with Crippen molar-refractivity contribution in [3.63, 3.8) is 0 Å². The molecule has 6 nitrogen and oxygen atoms in total. The number of nitrogens with zero attached hydrogens (tertiary/aromatic N) is 1. The summed E-state index contributed by atoms with van der Waals surface area (Å²) in [5, 5.41) is 6.53. The molecule has 2 rings (SSSR count). The van der Waals surface area contributed by atoms with E-state index >= 15 is 0 Å². The largest absolute Gasteiger partial charge is 0.464 e. The number of carbonyl (C=O) groups is 2. The van der Waals surface area contributed by atoms with Gasteiger partial charge in [0.1, 0.15) is 28.9 Å². The van der Waals surface area contributed by atoms with Gasteiger partial charge in [0.05, 0.1) is 17.2 Å².